The van der Waals surface area contributed by atoms with E-state index in [0.29, 0.717) is 0 Å². The molecule has 13 heteroatoms. The number of hydroxylamine groups is 2. The fourth-order valence-corrected chi connectivity index (χ4v) is 3.86. The molecule has 0 spiro atoms. The van der Waals surface area contributed by atoms with Crippen LogP contribution in [-0.2, 0) is 33.9 Å². The molecule has 1 aromatic carbocycles. The molecule has 0 saturated heterocycles. The first-order valence-corrected chi connectivity index (χ1v) is 9.31. The number of hydrogen-bond donors (Lipinski definition) is 3. The van der Waals surface area contributed by atoms with Gasteiger partial charge in [0.15, 0.2) is 6.61 Å². The maximum Gasteiger partial charge on any atom is 0.326 e. The second-order valence-corrected chi connectivity index (χ2v) is 7.62. The first kappa shape index (κ1) is 21.1. The van der Waals surface area contributed by atoms with Gasteiger partial charge in [0, 0.05) is 7.05 Å². The van der Waals surface area contributed by atoms with Crippen LogP contribution in [0, 0.1) is 0 Å². The van der Waals surface area contributed by atoms with Crippen LogP contribution in [0.25, 0.3) is 0 Å². The Bertz CT molecular complexity index is 885. The Kier molecular flexibility index (Phi) is 6.53. The molecule has 1 unspecified atom stereocenters. The van der Waals surface area contributed by atoms with Gasteiger partial charge in [0.05, 0.1) is 11.3 Å². The summed E-state index contributed by atoms with van der Waals surface area (Å²) < 4.78 is 30.6. The molecule has 28 heavy (non-hydrogen) atoms. The highest BCUT2D eigenvalue weighted by atomic mass is 32.2. The first-order valence-electron chi connectivity index (χ1n) is 7.76. The number of sulfone groups is 1. The Labute approximate surface area is 159 Å². The molecule has 3 N–H and O–H groups in total. The number of nitrogens with zero attached hydrogens (tertiary/aromatic N) is 2. The monoisotopic (exact) mass is 415 g/mol. The summed E-state index contributed by atoms with van der Waals surface area (Å²) in [7, 11) is -2.69. The minimum atomic E-state index is -4.00. The van der Waals surface area contributed by atoms with Crippen molar-refractivity contribution in [3.8, 4) is 0 Å². The number of likely N-dealkylation sites (N-methyl/N-ethyl adjacent to an activating group) is 1. The largest absolute Gasteiger partial charge is 0.481 e. The minimum Gasteiger partial charge on any atom is -0.481 e. The normalized spacial score (nSPS) is 17.9. The highest BCUT2D eigenvalue weighted by molar-refractivity contribution is 7.92. The maximum atomic E-state index is 12.8. The van der Waals surface area contributed by atoms with Crippen LogP contribution in [0.4, 0.5) is 0 Å². The minimum absolute atomic E-state index is 0.0227. The molecule has 0 aliphatic carbocycles. The van der Waals surface area contributed by atoms with Gasteiger partial charge in [-0.25, -0.2) is 13.2 Å². The van der Waals surface area contributed by atoms with Crippen molar-refractivity contribution in [2.24, 2.45) is 5.16 Å². The zero-order valence-electron chi connectivity index (χ0n) is 14.5. The predicted molar refractivity (Wildman–Crippen MR) is 91.5 cm³/mol. The predicted octanol–water partition coefficient (Wildman–Crippen LogP) is -0.962. The van der Waals surface area contributed by atoms with Crippen molar-refractivity contribution in [2.45, 2.75) is 22.7 Å². The third-order valence-electron chi connectivity index (χ3n) is 3.53. The number of ether oxygens (including phenoxy) is 1. The molecular weight excluding hydrogens is 398 g/mol. The summed E-state index contributed by atoms with van der Waals surface area (Å²) in [6, 6.07) is 5.77. The topological polar surface area (TPSA) is 172 Å². The number of carboxylic acids is 2. The fraction of sp³-hybridized carbons (Fsp3) is 0.333. The van der Waals surface area contributed by atoms with Gasteiger partial charge in [-0.1, -0.05) is 23.3 Å². The van der Waals surface area contributed by atoms with E-state index in [4.69, 9.17) is 19.9 Å². The Morgan fingerprint density at radius 3 is 2.50 bits per heavy atom. The summed E-state index contributed by atoms with van der Waals surface area (Å²) in [5, 5.41) is 22.5. The van der Waals surface area contributed by atoms with Crippen LogP contribution >= 0.6 is 0 Å². The van der Waals surface area contributed by atoms with Gasteiger partial charge >= 0.3 is 11.9 Å². The van der Waals surface area contributed by atoms with Gasteiger partial charge in [-0.2, -0.15) is 0 Å². The van der Waals surface area contributed by atoms with E-state index in [0.717, 1.165) is 5.06 Å². The lowest BCUT2D eigenvalue weighted by atomic mass is 10.2. The number of hydrogen-bond acceptors (Lipinski definition) is 9. The lowest BCUT2D eigenvalue weighted by molar-refractivity contribution is -0.147. The standard InChI is InChI=1S/C15H17N3O9S/c1-18-14(28(24,25)9-5-3-2-4-6-9)13(17-27-18)26-8-11(19)16-10(15(22)23)7-12(20)21/h2-6,10,14H,7-8H2,1H3,(H,16,19)(H,20,21)(H,22,23)/t10-,14?/m0/s1. The van der Waals surface area contributed by atoms with Crippen LogP contribution < -0.4 is 5.32 Å². The van der Waals surface area contributed by atoms with Crippen LogP contribution in [0.2, 0.25) is 0 Å². The van der Waals surface area contributed by atoms with Gasteiger partial charge in [0.1, 0.15) is 6.04 Å². The molecule has 0 bridgehead atoms. The second-order valence-electron chi connectivity index (χ2n) is 5.61. The van der Waals surface area contributed by atoms with E-state index < -0.39 is 58.0 Å². The van der Waals surface area contributed by atoms with E-state index in [1.165, 1.54) is 31.3 Å². The molecule has 1 aromatic rings. The van der Waals surface area contributed by atoms with Crippen LogP contribution in [0.3, 0.4) is 0 Å². The van der Waals surface area contributed by atoms with Gasteiger partial charge < -0.3 is 20.3 Å². The Balaban J connectivity index is 2.06. The smallest absolute Gasteiger partial charge is 0.326 e. The highest BCUT2D eigenvalue weighted by Gasteiger charge is 2.43. The van der Waals surface area contributed by atoms with E-state index in [1.807, 2.05) is 5.32 Å². The van der Waals surface area contributed by atoms with Crippen LogP contribution in [-0.4, -0.2) is 72.5 Å². The fourth-order valence-electron chi connectivity index (χ4n) is 2.26. The van der Waals surface area contributed by atoms with Crippen molar-refractivity contribution >= 4 is 33.6 Å². The van der Waals surface area contributed by atoms with Gasteiger partial charge in [-0.05, 0) is 17.3 Å². The van der Waals surface area contributed by atoms with E-state index in [9.17, 15) is 22.8 Å². The first-order chi connectivity index (χ1) is 13.1. The summed E-state index contributed by atoms with van der Waals surface area (Å²) >= 11 is 0. The highest BCUT2D eigenvalue weighted by Crippen LogP contribution is 2.23. The van der Waals surface area contributed by atoms with E-state index in [-0.39, 0.29) is 4.90 Å². The molecule has 0 radical (unpaired) electrons. The van der Waals surface area contributed by atoms with E-state index in [2.05, 4.69) is 5.16 Å². The number of aliphatic carboxylic acids is 2. The van der Waals surface area contributed by atoms with Gasteiger partial charge in [-0.3, -0.25) is 14.5 Å². The summed E-state index contributed by atoms with van der Waals surface area (Å²) in [5.74, 6) is -4.35. The van der Waals surface area contributed by atoms with Crippen molar-refractivity contribution in [1.82, 2.24) is 10.4 Å². The lowest BCUT2D eigenvalue weighted by Crippen LogP contribution is -2.45. The Morgan fingerprint density at radius 2 is 1.93 bits per heavy atom. The zero-order valence-corrected chi connectivity index (χ0v) is 15.3. The molecule has 2 rings (SSSR count). The zero-order chi connectivity index (χ0) is 20.9. The van der Waals surface area contributed by atoms with Crippen molar-refractivity contribution in [2.75, 3.05) is 13.7 Å². The molecule has 2 atom stereocenters. The van der Waals surface area contributed by atoms with E-state index in [1.54, 1.807) is 6.07 Å². The Hall–Kier alpha value is -3.19. The van der Waals surface area contributed by atoms with Crippen molar-refractivity contribution < 1.29 is 42.7 Å². The number of amides is 1. The maximum absolute atomic E-state index is 12.8. The summed E-state index contributed by atoms with van der Waals surface area (Å²) in [6.45, 7) is -0.791. The molecule has 152 valence electrons. The molecule has 1 amide bonds. The number of oxime groups is 1. The van der Waals surface area contributed by atoms with Gasteiger partial charge in [0.25, 0.3) is 11.8 Å². The number of nitrogens with one attached hydrogen (secondary N) is 1. The molecule has 0 aromatic heterocycles. The van der Waals surface area contributed by atoms with Crippen molar-refractivity contribution in [1.29, 1.82) is 0 Å². The van der Waals surface area contributed by atoms with E-state index >= 15 is 0 Å². The number of carbonyl (C=O) groups is 3. The summed E-state index contributed by atoms with van der Waals surface area (Å²) in [4.78, 5) is 38.2. The average molecular weight is 415 g/mol. The van der Waals surface area contributed by atoms with Gasteiger partial charge in [-0.15, -0.1) is 0 Å². The lowest BCUT2D eigenvalue weighted by Gasteiger charge is -2.18. The van der Waals surface area contributed by atoms with Crippen molar-refractivity contribution in [3.63, 3.8) is 0 Å². The third-order valence-corrected chi connectivity index (χ3v) is 5.55. The molecule has 0 fully saturated rings. The van der Waals surface area contributed by atoms with Crippen LogP contribution in [0.15, 0.2) is 40.4 Å². The molecule has 1 aliphatic rings. The van der Waals surface area contributed by atoms with Crippen molar-refractivity contribution in [3.05, 3.63) is 30.3 Å². The van der Waals surface area contributed by atoms with Crippen LogP contribution in [0.1, 0.15) is 6.42 Å². The third kappa shape index (κ3) is 4.95. The molecule has 1 heterocycles. The summed E-state index contributed by atoms with van der Waals surface area (Å²) in [6.07, 6.45) is -0.834. The second kappa shape index (κ2) is 8.67. The number of carboxylic acid groups (broad SMARTS) is 2. The van der Waals surface area contributed by atoms with Crippen LogP contribution in [0.5, 0.6) is 0 Å². The molecule has 1 aliphatic heterocycles. The number of benzene rings is 1. The average Bonchev–Trinajstić information content (AvgIpc) is 3.01. The summed E-state index contributed by atoms with van der Waals surface area (Å²) in [5.41, 5.74) is 0. The molecular formula is C15H17N3O9S. The quantitative estimate of drug-likeness (QED) is 0.480. The molecule has 0 saturated carbocycles. The Morgan fingerprint density at radius 1 is 1.29 bits per heavy atom. The SMILES string of the molecule is CN1ON=C(OCC(=O)N[C@@H](CC(=O)O)C(=O)O)C1S(=O)(=O)c1ccccc1. The number of carbonyl (C=O) groups excluding carboxylic acids is 1. The number of rotatable bonds is 8. The van der Waals surface area contributed by atoms with Gasteiger partial charge in [0.2, 0.25) is 15.2 Å². The molecule has 12 nitrogen and oxygen atoms in total.